The Labute approximate surface area is 158 Å². The van der Waals surface area contributed by atoms with Gasteiger partial charge in [0.25, 0.3) is 5.56 Å². The Bertz CT molecular complexity index is 1230. The Hall–Kier alpha value is -3.13. The smallest absolute Gasteiger partial charge is 0.341 e. The van der Waals surface area contributed by atoms with Crippen molar-refractivity contribution in [1.82, 2.24) is 18.9 Å². The molecule has 8 heteroatoms. The lowest BCUT2D eigenvalue weighted by atomic mass is 10.2. The summed E-state index contributed by atoms with van der Waals surface area (Å²) in [5.41, 5.74) is 2.32. The third-order valence-corrected chi connectivity index (χ3v) is 5.29. The van der Waals surface area contributed by atoms with E-state index >= 15 is 0 Å². The molecule has 4 rings (SSSR count). The van der Waals surface area contributed by atoms with Crippen molar-refractivity contribution in [3.05, 3.63) is 70.4 Å². The van der Waals surface area contributed by atoms with Crippen molar-refractivity contribution in [2.45, 2.75) is 10.9 Å². The van der Waals surface area contributed by atoms with Crippen LogP contribution in [0.3, 0.4) is 0 Å². The summed E-state index contributed by atoms with van der Waals surface area (Å²) in [4.78, 5) is 33.5. The number of ether oxygens (including phenoxy) is 1. The number of esters is 1. The van der Waals surface area contributed by atoms with Crippen LogP contribution in [0.5, 0.6) is 0 Å². The van der Waals surface area contributed by atoms with Crippen molar-refractivity contribution in [3.63, 3.8) is 0 Å². The van der Waals surface area contributed by atoms with E-state index in [9.17, 15) is 9.59 Å². The number of benzene rings is 1. The summed E-state index contributed by atoms with van der Waals surface area (Å²) in [6.45, 7) is 0. The highest BCUT2D eigenvalue weighted by molar-refractivity contribution is 7.98. The van der Waals surface area contributed by atoms with Gasteiger partial charge in [0, 0.05) is 25.2 Å². The minimum atomic E-state index is -0.427. The number of pyridine rings is 1. The van der Waals surface area contributed by atoms with Crippen LogP contribution < -0.4 is 5.56 Å². The SMILES string of the molecule is COC(=O)c1cccn2cc(CSc3nc4ccccc4c(=O)n3C)nc12. The van der Waals surface area contributed by atoms with Gasteiger partial charge in [-0.05, 0) is 24.3 Å². The molecule has 0 radical (unpaired) electrons. The van der Waals surface area contributed by atoms with E-state index in [1.165, 1.54) is 18.9 Å². The average molecular weight is 380 g/mol. The van der Waals surface area contributed by atoms with Crippen LogP contribution >= 0.6 is 11.8 Å². The summed E-state index contributed by atoms with van der Waals surface area (Å²) in [6, 6.07) is 10.7. The van der Waals surface area contributed by atoms with E-state index in [0.717, 1.165) is 5.69 Å². The van der Waals surface area contributed by atoms with Crippen molar-refractivity contribution >= 4 is 34.3 Å². The lowest BCUT2D eigenvalue weighted by Crippen LogP contribution is -2.19. The van der Waals surface area contributed by atoms with Crippen LogP contribution in [0.4, 0.5) is 0 Å². The number of thioether (sulfide) groups is 1. The Kier molecular flexibility index (Phi) is 4.41. The van der Waals surface area contributed by atoms with Crippen LogP contribution in [0.2, 0.25) is 0 Å². The molecule has 3 heterocycles. The second kappa shape index (κ2) is 6.88. The van der Waals surface area contributed by atoms with Crippen LogP contribution in [0, 0.1) is 0 Å². The van der Waals surface area contributed by atoms with Crippen LogP contribution in [0.1, 0.15) is 16.1 Å². The quantitative estimate of drug-likeness (QED) is 0.308. The first-order valence-electron chi connectivity index (χ1n) is 8.22. The average Bonchev–Trinajstić information content (AvgIpc) is 3.12. The molecule has 27 heavy (non-hydrogen) atoms. The number of carbonyl (C=O) groups excluding carboxylic acids is 1. The zero-order valence-corrected chi connectivity index (χ0v) is 15.6. The fourth-order valence-corrected chi connectivity index (χ4v) is 3.72. The van der Waals surface area contributed by atoms with Crippen molar-refractivity contribution in [1.29, 1.82) is 0 Å². The number of imidazole rings is 1. The third-order valence-electron chi connectivity index (χ3n) is 4.23. The van der Waals surface area contributed by atoms with Gasteiger partial charge in [-0.1, -0.05) is 23.9 Å². The summed E-state index contributed by atoms with van der Waals surface area (Å²) in [6.07, 6.45) is 3.68. The molecule has 0 bridgehead atoms. The molecule has 0 unspecified atom stereocenters. The molecule has 1 aromatic carbocycles. The van der Waals surface area contributed by atoms with Gasteiger partial charge in [0.15, 0.2) is 10.8 Å². The van der Waals surface area contributed by atoms with Gasteiger partial charge in [0.2, 0.25) is 0 Å². The topological polar surface area (TPSA) is 78.5 Å². The van der Waals surface area contributed by atoms with Gasteiger partial charge in [-0.2, -0.15) is 0 Å². The maximum absolute atomic E-state index is 12.5. The number of nitrogens with zero attached hydrogens (tertiary/aromatic N) is 4. The van der Waals surface area contributed by atoms with E-state index in [-0.39, 0.29) is 5.56 Å². The van der Waals surface area contributed by atoms with Gasteiger partial charge < -0.3 is 9.14 Å². The third kappa shape index (κ3) is 3.08. The van der Waals surface area contributed by atoms with Gasteiger partial charge >= 0.3 is 5.97 Å². The zero-order chi connectivity index (χ0) is 19.0. The highest BCUT2D eigenvalue weighted by Gasteiger charge is 2.14. The van der Waals surface area contributed by atoms with Gasteiger partial charge in [-0.3, -0.25) is 9.36 Å². The Morgan fingerprint density at radius 3 is 2.81 bits per heavy atom. The summed E-state index contributed by atoms with van der Waals surface area (Å²) in [7, 11) is 3.06. The number of hydrogen-bond donors (Lipinski definition) is 0. The Morgan fingerprint density at radius 2 is 2.00 bits per heavy atom. The molecular formula is C19H16N4O3S. The van der Waals surface area contributed by atoms with E-state index in [1.807, 2.05) is 30.6 Å². The number of para-hydroxylation sites is 1. The van der Waals surface area contributed by atoms with Crippen LogP contribution in [0.25, 0.3) is 16.6 Å². The van der Waals surface area contributed by atoms with E-state index in [2.05, 4.69) is 9.97 Å². The molecule has 4 aromatic rings. The molecule has 0 saturated heterocycles. The Morgan fingerprint density at radius 1 is 1.19 bits per heavy atom. The number of rotatable bonds is 4. The molecule has 0 amide bonds. The number of fused-ring (bicyclic) bond motifs is 2. The molecular weight excluding hydrogens is 364 g/mol. The molecule has 136 valence electrons. The lowest BCUT2D eigenvalue weighted by molar-refractivity contribution is 0.0602. The highest BCUT2D eigenvalue weighted by atomic mass is 32.2. The monoisotopic (exact) mass is 380 g/mol. The fraction of sp³-hybridized carbons (Fsp3) is 0.158. The summed E-state index contributed by atoms with van der Waals surface area (Å²) in [5, 5.41) is 1.21. The lowest BCUT2D eigenvalue weighted by Gasteiger charge is -2.07. The van der Waals surface area contributed by atoms with Crippen LogP contribution in [-0.4, -0.2) is 32.0 Å². The molecule has 3 aromatic heterocycles. The first-order valence-corrected chi connectivity index (χ1v) is 9.20. The van der Waals surface area contributed by atoms with E-state index < -0.39 is 5.97 Å². The van der Waals surface area contributed by atoms with E-state index in [0.29, 0.717) is 33.0 Å². The summed E-state index contributed by atoms with van der Waals surface area (Å²) < 4.78 is 8.14. The first kappa shape index (κ1) is 17.3. The normalized spacial score (nSPS) is 11.2. The predicted molar refractivity (Wildman–Crippen MR) is 103 cm³/mol. The molecule has 0 aliphatic carbocycles. The standard InChI is InChI=1S/C19H16N4O3S/c1-22-17(24)13-6-3-4-8-15(13)21-19(22)27-11-12-10-23-9-5-7-14(16(23)20-12)18(25)26-2/h3-10H,11H2,1-2H3. The van der Waals surface area contributed by atoms with Gasteiger partial charge in [0.05, 0.1) is 23.7 Å². The number of hydrogen-bond acceptors (Lipinski definition) is 6. The maximum Gasteiger partial charge on any atom is 0.341 e. The maximum atomic E-state index is 12.5. The predicted octanol–water partition coefficient (Wildman–Crippen LogP) is 2.66. The second-order valence-electron chi connectivity index (χ2n) is 5.94. The summed E-state index contributed by atoms with van der Waals surface area (Å²) in [5.74, 6) is 0.0879. The largest absolute Gasteiger partial charge is 0.465 e. The van der Waals surface area contributed by atoms with Crippen molar-refractivity contribution < 1.29 is 9.53 Å². The molecule has 0 N–H and O–H groups in total. The number of methoxy groups -OCH3 is 1. The van der Waals surface area contributed by atoms with E-state index in [1.54, 1.807) is 34.2 Å². The molecule has 0 fully saturated rings. The van der Waals surface area contributed by atoms with Gasteiger partial charge in [0.1, 0.15) is 5.56 Å². The minimum absolute atomic E-state index is 0.0777. The van der Waals surface area contributed by atoms with E-state index in [4.69, 9.17) is 4.74 Å². The van der Waals surface area contributed by atoms with Crippen LogP contribution in [-0.2, 0) is 17.5 Å². The van der Waals surface area contributed by atoms with Crippen molar-refractivity contribution in [2.24, 2.45) is 7.05 Å². The number of aromatic nitrogens is 4. The summed E-state index contributed by atoms with van der Waals surface area (Å²) >= 11 is 1.42. The van der Waals surface area contributed by atoms with Gasteiger partial charge in [-0.15, -0.1) is 0 Å². The van der Waals surface area contributed by atoms with Gasteiger partial charge in [-0.25, -0.2) is 14.8 Å². The molecule has 0 aliphatic heterocycles. The minimum Gasteiger partial charge on any atom is -0.465 e. The first-order chi connectivity index (χ1) is 13.1. The molecule has 0 spiro atoms. The second-order valence-corrected chi connectivity index (χ2v) is 6.88. The van der Waals surface area contributed by atoms with Crippen molar-refractivity contribution in [2.75, 3.05) is 7.11 Å². The highest BCUT2D eigenvalue weighted by Crippen LogP contribution is 2.22. The molecule has 0 aliphatic rings. The molecule has 0 atom stereocenters. The molecule has 7 nitrogen and oxygen atoms in total. The van der Waals surface area contributed by atoms with Crippen LogP contribution in [0.15, 0.2) is 58.7 Å². The molecule has 0 saturated carbocycles. The van der Waals surface area contributed by atoms with Crippen molar-refractivity contribution in [3.8, 4) is 0 Å². The Balaban J connectivity index is 1.66. The number of carbonyl (C=O) groups is 1. The zero-order valence-electron chi connectivity index (χ0n) is 14.7. The fourth-order valence-electron chi connectivity index (χ4n) is 2.87.